The fourth-order valence-electron chi connectivity index (χ4n) is 2.03. The number of ether oxygens (including phenoxy) is 1. The molecule has 0 radical (unpaired) electrons. The molecule has 1 aliphatic rings. The van der Waals surface area contributed by atoms with Crippen molar-refractivity contribution in [1.29, 1.82) is 0 Å². The van der Waals surface area contributed by atoms with Gasteiger partial charge in [0.25, 0.3) is 0 Å². The van der Waals surface area contributed by atoms with Crippen molar-refractivity contribution in [3.63, 3.8) is 0 Å². The number of carbonyl (C=O) groups excluding carboxylic acids is 1. The number of rotatable bonds is 3. The van der Waals surface area contributed by atoms with Crippen molar-refractivity contribution in [2.24, 2.45) is 11.0 Å². The Balaban J connectivity index is 2.40. The number of carbonyl (C=O) groups is 1. The summed E-state index contributed by atoms with van der Waals surface area (Å²) in [5.41, 5.74) is 7.64. The summed E-state index contributed by atoms with van der Waals surface area (Å²) in [7, 11) is 0. The third-order valence-electron chi connectivity index (χ3n) is 3.02. The van der Waals surface area contributed by atoms with Gasteiger partial charge in [0.1, 0.15) is 11.8 Å². The molecular formula is C12H21FN4O2. The minimum absolute atomic E-state index is 0.131. The Morgan fingerprint density at radius 3 is 2.58 bits per heavy atom. The molecule has 0 unspecified atom stereocenters. The molecule has 108 valence electrons. The van der Waals surface area contributed by atoms with Crippen LogP contribution in [0.15, 0.2) is 5.11 Å². The third kappa shape index (κ3) is 5.34. The van der Waals surface area contributed by atoms with Gasteiger partial charge in [-0.1, -0.05) is 5.11 Å². The first-order valence-corrected chi connectivity index (χ1v) is 6.46. The molecule has 7 heteroatoms. The second-order valence-electron chi connectivity index (χ2n) is 5.73. The zero-order valence-electron chi connectivity index (χ0n) is 11.7. The molecule has 1 saturated heterocycles. The lowest BCUT2D eigenvalue weighted by Crippen LogP contribution is -2.43. The maximum Gasteiger partial charge on any atom is 0.410 e. The van der Waals surface area contributed by atoms with E-state index in [9.17, 15) is 9.18 Å². The Labute approximate surface area is 112 Å². The Kier molecular flexibility index (Phi) is 5.42. The van der Waals surface area contributed by atoms with Crippen LogP contribution in [0.4, 0.5) is 9.18 Å². The second kappa shape index (κ2) is 6.61. The lowest BCUT2D eigenvalue weighted by atomic mass is 9.92. The van der Waals surface area contributed by atoms with Gasteiger partial charge in [-0.15, -0.1) is 0 Å². The average molecular weight is 272 g/mol. The van der Waals surface area contributed by atoms with E-state index >= 15 is 0 Å². The zero-order chi connectivity index (χ0) is 14.5. The van der Waals surface area contributed by atoms with E-state index in [1.165, 1.54) is 0 Å². The molecule has 1 rings (SSSR count). The number of nitrogens with zero attached hydrogens (tertiary/aromatic N) is 4. The Hall–Kier alpha value is -1.49. The van der Waals surface area contributed by atoms with Crippen LogP contribution in [0.3, 0.4) is 0 Å². The van der Waals surface area contributed by atoms with E-state index in [1.54, 1.807) is 4.90 Å². The summed E-state index contributed by atoms with van der Waals surface area (Å²) in [6.45, 7) is 6.28. The fraction of sp³-hybridized carbons (Fsp3) is 0.917. The molecule has 0 aromatic rings. The topological polar surface area (TPSA) is 78.3 Å². The molecule has 0 N–H and O–H groups in total. The first-order chi connectivity index (χ1) is 8.83. The number of hydrogen-bond donors (Lipinski definition) is 0. The first-order valence-electron chi connectivity index (χ1n) is 6.46. The number of halogens is 1. The van der Waals surface area contributed by atoms with Crippen LogP contribution in [-0.4, -0.2) is 42.4 Å². The summed E-state index contributed by atoms with van der Waals surface area (Å²) >= 11 is 0. The largest absolute Gasteiger partial charge is 0.444 e. The van der Waals surface area contributed by atoms with Gasteiger partial charge in [0, 0.05) is 18.0 Å². The minimum atomic E-state index is -1.13. The molecule has 1 heterocycles. The van der Waals surface area contributed by atoms with Gasteiger partial charge in [0.2, 0.25) is 0 Å². The van der Waals surface area contributed by atoms with Crippen LogP contribution in [0, 0.1) is 5.92 Å². The van der Waals surface area contributed by atoms with Gasteiger partial charge >= 0.3 is 6.09 Å². The molecule has 0 aromatic heterocycles. The maximum atomic E-state index is 13.7. The summed E-state index contributed by atoms with van der Waals surface area (Å²) in [6, 6.07) is 0. The number of likely N-dealkylation sites (tertiary alicyclic amines) is 1. The molecule has 0 aliphatic carbocycles. The van der Waals surface area contributed by atoms with Gasteiger partial charge in [-0.3, -0.25) is 0 Å². The normalized spacial score (nSPS) is 18.6. The molecule has 0 saturated carbocycles. The van der Waals surface area contributed by atoms with Gasteiger partial charge in [-0.2, -0.15) is 0 Å². The van der Waals surface area contributed by atoms with E-state index < -0.39 is 11.8 Å². The fourth-order valence-corrected chi connectivity index (χ4v) is 2.03. The number of azide groups is 1. The van der Waals surface area contributed by atoms with Crippen molar-refractivity contribution in [3.05, 3.63) is 10.4 Å². The van der Waals surface area contributed by atoms with Crippen molar-refractivity contribution in [3.8, 4) is 0 Å². The predicted octanol–water partition coefficient (Wildman–Crippen LogP) is 3.28. The van der Waals surface area contributed by atoms with E-state index in [2.05, 4.69) is 10.0 Å². The minimum Gasteiger partial charge on any atom is -0.444 e. The molecule has 0 bridgehead atoms. The maximum absolute atomic E-state index is 13.7. The molecule has 1 atom stereocenters. The standard InChI is InChI=1S/C12H21FN4O2/c1-12(2,3)19-11(18)17-6-4-9(5-7-17)10(13)8-15-16-14/h9-10H,4-8H2,1-3H3/t10-/m1/s1. The highest BCUT2D eigenvalue weighted by Gasteiger charge is 2.30. The monoisotopic (exact) mass is 272 g/mol. The summed E-state index contributed by atoms with van der Waals surface area (Å²) in [5.74, 6) is -0.149. The van der Waals surface area contributed by atoms with Gasteiger partial charge < -0.3 is 9.64 Å². The third-order valence-corrected chi connectivity index (χ3v) is 3.02. The summed E-state index contributed by atoms with van der Waals surface area (Å²) in [6.07, 6.45) is -0.337. The van der Waals surface area contributed by atoms with Crippen LogP contribution in [0.2, 0.25) is 0 Å². The van der Waals surface area contributed by atoms with Crippen LogP contribution in [-0.2, 0) is 4.74 Å². The smallest absolute Gasteiger partial charge is 0.410 e. The highest BCUT2D eigenvalue weighted by Crippen LogP contribution is 2.24. The van der Waals surface area contributed by atoms with Crippen LogP contribution in [0.1, 0.15) is 33.6 Å². The second-order valence-corrected chi connectivity index (χ2v) is 5.73. The van der Waals surface area contributed by atoms with Crippen molar-refractivity contribution in [2.45, 2.75) is 45.4 Å². The molecular weight excluding hydrogens is 251 g/mol. The van der Waals surface area contributed by atoms with Gasteiger partial charge in [-0.25, -0.2) is 9.18 Å². The highest BCUT2D eigenvalue weighted by molar-refractivity contribution is 5.68. The van der Waals surface area contributed by atoms with E-state index in [0.29, 0.717) is 25.9 Å². The predicted molar refractivity (Wildman–Crippen MR) is 69.4 cm³/mol. The van der Waals surface area contributed by atoms with Crippen LogP contribution >= 0.6 is 0 Å². The summed E-state index contributed by atoms with van der Waals surface area (Å²) in [4.78, 5) is 16.0. The molecule has 1 fully saturated rings. The number of piperidine rings is 1. The van der Waals surface area contributed by atoms with Crippen molar-refractivity contribution >= 4 is 6.09 Å². The molecule has 1 amide bonds. The average Bonchev–Trinajstić information content (AvgIpc) is 2.34. The van der Waals surface area contributed by atoms with Crippen molar-refractivity contribution < 1.29 is 13.9 Å². The molecule has 0 spiro atoms. The van der Waals surface area contributed by atoms with Crippen LogP contribution < -0.4 is 0 Å². The lowest BCUT2D eigenvalue weighted by molar-refractivity contribution is 0.0148. The quantitative estimate of drug-likeness (QED) is 0.449. The van der Waals surface area contributed by atoms with Gasteiger partial charge in [-0.05, 0) is 45.1 Å². The van der Waals surface area contributed by atoms with Gasteiger partial charge in [0.05, 0.1) is 6.54 Å². The zero-order valence-corrected chi connectivity index (χ0v) is 11.7. The molecule has 1 aliphatic heterocycles. The summed E-state index contributed by atoms with van der Waals surface area (Å²) in [5, 5.41) is 3.25. The molecule has 6 nitrogen and oxygen atoms in total. The van der Waals surface area contributed by atoms with Crippen LogP contribution in [0.25, 0.3) is 10.4 Å². The van der Waals surface area contributed by atoms with Crippen molar-refractivity contribution in [2.75, 3.05) is 19.6 Å². The van der Waals surface area contributed by atoms with E-state index in [0.717, 1.165) is 0 Å². The van der Waals surface area contributed by atoms with E-state index in [-0.39, 0.29) is 18.6 Å². The SMILES string of the molecule is CC(C)(C)OC(=O)N1CCC([C@H](F)CN=[N+]=[N-])CC1. The van der Waals surface area contributed by atoms with Crippen LogP contribution in [0.5, 0.6) is 0 Å². The Morgan fingerprint density at radius 1 is 1.53 bits per heavy atom. The Morgan fingerprint density at radius 2 is 2.11 bits per heavy atom. The van der Waals surface area contributed by atoms with E-state index in [4.69, 9.17) is 10.3 Å². The number of amides is 1. The Bertz CT molecular complexity index is 355. The van der Waals surface area contributed by atoms with E-state index in [1.807, 2.05) is 20.8 Å². The molecule has 0 aromatic carbocycles. The first kappa shape index (κ1) is 15.6. The number of alkyl halides is 1. The molecule has 19 heavy (non-hydrogen) atoms. The highest BCUT2D eigenvalue weighted by atomic mass is 19.1. The summed E-state index contributed by atoms with van der Waals surface area (Å²) < 4.78 is 18.9. The number of hydrogen-bond acceptors (Lipinski definition) is 3. The van der Waals surface area contributed by atoms with Gasteiger partial charge in [0.15, 0.2) is 0 Å². The van der Waals surface area contributed by atoms with Crippen molar-refractivity contribution in [1.82, 2.24) is 4.90 Å². The lowest BCUT2D eigenvalue weighted by Gasteiger charge is -2.34.